The molecular formula is C14H21ClF2N2O2. The van der Waals surface area contributed by atoms with Crippen LogP contribution < -0.4 is 5.32 Å². The van der Waals surface area contributed by atoms with Gasteiger partial charge in [0, 0.05) is 31.7 Å². The van der Waals surface area contributed by atoms with E-state index >= 15 is 0 Å². The number of piperazine rings is 1. The Morgan fingerprint density at radius 1 is 1.33 bits per heavy atom. The predicted octanol–water partition coefficient (Wildman–Crippen LogP) is 1.70. The second-order valence-corrected chi connectivity index (χ2v) is 5.17. The van der Waals surface area contributed by atoms with E-state index in [2.05, 4.69) is 5.32 Å². The van der Waals surface area contributed by atoms with E-state index in [4.69, 9.17) is 5.11 Å². The van der Waals surface area contributed by atoms with Crippen molar-refractivity contribution < 1.29 is 19.0 Å². The van der Waals surface area contributed by atoms with Crippen molar-refractivity contribution in [1.29, 1.82) is 0 Å². The second kappa shape index (κ2) is 7.35. The molecule has 0 unspecified atom stereocenters. The molecule has 3 N–H and O–H groups in total. The van der Waals surface area contributed by atoms with Crippen molar-refractivity contribution in [2.24, 2.45) is 0 Å². The normalized spacial score (nSPS) is 18.1. The van der Waals surface area contributed by atoms with E-state index in [0.29, 0.717) is 26.2 Å². The van der Waals surface area contributed by atoms with E-state index in [9.17, 15) is 13.9 Å². The molecule has 0 saturated carbocycles. The van der Waals surface area contributed by atoms with E-state index in [-0.39, 0.29) is 23.7 Å². The minimum absolute atomic E-state index is 0. The second-order valence-electron chi connectivity index (χ2n) is 5.17. The molecule has 21 heavy (non-hydrogen) atoms. The van der Waals surface area contributed by atoms with Crippen molar-refractivity contribution in [2.45, 2.75) is 18.9 Å². The minimum Gasteiger partial charge on any atom is -0.508 e. The quantitative estimate of drug-likeness (QED) is 0.790. The number of nitrogens with zero attached hydrogens (tertiary/aromatic N) is 1. The Kier molecular flexibility index (Phi) is 6.34. The van der Waals surface area contributed by atoms with Crippen LogP contribution in [0.1, 0.15) is 17.2 Å². The van der Waals surface area contributed by atoms with Gasteiger partial charge >= 0.3 is 0 Å². The molecule has 1 fully saturated rings. The predicted molar refractivity (Wildman–Crippen MR) is 79.3 cm³/mol. The molecule has 0 bridgehead atoms. The summed E-state index contributed by atoms with van der Waals surface area (Å²) >= 11 is 0. The van der Waals surface area contributed by atoms with Crippen molar-refractivity contribution in [3.8, 4) is 5.75 Å². The fourth-order valence-electron chi connectivity index (χ4n) is 2.60. The molecule has 1 aromatic rings. The van der Waals surface area contributed by atoms with Crippen LogP contribution >= 0.6 is 12.4 Å². The number of halogens is 3. The van der Waals surface area contributed by atoms with Crippen molar-refractivity contribution in [3.63, 3.8) is 0 Å². The van der Waals surface area contributed by atoms with Crippen molar-refractivity contribution in [1.82, 2.24) is 10.2 Å². The van der Waals surface area contributed by atoms with Gasteiger partial charge in [-0.05, 0) is 18.6 Å². The summed E-state index contributed by atoms with van der Waals surface area (Å²) in [5.74, 6) is -3.45. The Morgan fingerprint density at radius 2 is 1.95 bits per heavy atom. The first-order valence-corrected chi connectivity index (χ1v) is 6.68. The van der Waals surface area contributed by atoms with Gasteiger partial charge in [-0.1, -0.05) is 12.1 Å². The van der Waals surface area contributed by atoms with E-state index in [0.717, 1.165) is 5.56 Å². The third kappa shape index (κ3) is 4.03. The van der Waals surface area contributed by atoms with Crippen LogP contribution in [0.2, 0.25) is 0 Å². The third-order valence-electron chi connectivity index (χ3n) is 3.61. The largest absolute Gasteiger partial charge is 0.508 e. The van der Waals surface area contributed by atoms with Gasteiger partial charge in [0.05, 0.1) is 0 Å². The van der Waals surface area contributed by atoms with Crippen LogP contribution in [0.3, 0.4) is 0 Å². The van der Waals surface area contributed by atoms with Gasteiger partial charge in [-0.3, -0.25) is 4.90 Å². The number of aromatic hydroxyl groups is 1. The zero-order chi connectivity index (χ0) is 14.8. The van der Waals surface area contributed by atoms with Gasteiger partial charge < -0.3 is 15.5 Å². The van der Waals surface area contributed by atoms with Crippen LogP contribution in [0.25, 0.3) is 0 Å². The zero-order valence-corrected chi connectivity index (χ0v) is 12.7. The highest BCUT2D eigenvalue weighted by molar-refractivity contribution is 5.85. The van der Waals surface area contributed by atoms with Gasteiger partial charge in [0.2, 0.25) is 0 Å². The summed E-state index contributed by atoms with van der Waals surface area (Å²) in [5.41, 5.74) is 0.967. The van der Waals surface area contributed by atoms with Crippen LogP contribution in [0.5, 0.6) is 5.75 Å². The molecule has 0 radical (unpaired) electrons. The van der Waals surface area contributed by atoms with Crippen LogP contribution in [-0.4, -0.2) is 53.8 Å². The molecule has 1 atom stereocenters. The van der Waals surface area contributed by atoms with Gasteiger partial charge in [-0.2, -0.15) is 0 Å². The lowest BCUT2D eigenvalue weighted by molar-refractivity contribution is -0.119. The maximum Gasteiger partial charge on any atom is 0.290 e. The van der Waals surface area contributed by atoms with Gasteiger partial charge in [0.1, 0.15) is 18.4 Å². The third-order valence-corrected chi connectivity index (χ3v) is 3.61. The Morgan fingerprint density at radius 3 is 2.48 bits per heavy atom. The summed E-state index contributed by atoms with van der Waals surface area (Å²) in [7, 11) is 0. The van der Waals surface area contributed by atoms with Gasteiger partial charge in [0.25, 0.3) is 5.92 Å². The number of phenolic OH excluding ortho intramolecular Hbond substituents is 1. The van der Waals surface area contributed by atoms with Crippen LogP contribution in [0.4, 0.5) is 8.78 Å². The molecule has 0 aliphatic carbocycles. The first kappa shape index (κ1) is 18.1. The molecule has 2 rings (SSSR count). The number of rotatable bonds is 4. The van der Waals surface area contributed by atoms with E-state index in [1.165, 1.54) is 12.1 Å². The Bertz CT molecular complexity index is 468. The fourth-order valence-corrected chi connectivity index (χ4v) is 2.60. The maximum absolute atomic E-state index is 14.1. The average molecular weight is 323 g/mol. The fraction of sp³-hybridized carbons (Fsp3) is 0.571. The number of hydrogen-bond donors (Lipinski definition) is 3. The summed E-state index contributed by atoms with van der Waals surface area (Å²) in [6, 6.07) is 3.37. The summed E-state index contributed by atoms with van der Waals surface area (Å²) in [4.78, 5) is 1.61. The molecule has 7 heteroatoms. The highest BCUT2D eigenvalue weighted by Gasteiger charge is 2.45. The number of nitrogens with one attached hydrogen (secondary N) is 1. The molecule has 1 aliphatic rings. The highest BCUT2D eigenvalue weighted by Crippen LogP contribution is 2.40. The Hall–Kier alpha value is -0.950. The zero-order valence-electron chi connectivity index (χ0n) is 11.9. The molecule has 0 amide bonds. The number of hydrogen-bond acceptors (Lipinski definition) is 4. The molecule has 4 nitrogen and oxygen atoms in total. The molecule has 1 heterocycles. The first-order chi connectivity index (χ1) is 9.45. The monoisotopic (exact) mass is 322 g/mol. The lowest BCUT2D eigenvalue weighted by atomic mass is 9.96. The molecule has 120 valence electrons. The number of phenols is 1. The van der Waals surface area contributed by atoms with Crippen LogP contribution in [0, 0.1) is 6.92 Å². The lowest BCUT2D eigenvalue weighted by Gasteiger charge is -2.39. The van der Waals surface area contributed by atoms with Gasteiger partial charge in [-0.15, -0.1) is 12.4 Å². The van der Waals surface area contributed by atoms with E-state index in [1.54, 1.807) is 17.9 Å². The van der Waals surface area contributed by atoms with E-state index < -0.39 is 18.6 Å². The summed E-state index contributed by atoms with van der Waals surface area (Å²) in [6.07, 6.45) is 0. The highest BCUT2D eigenvalue weighted by atomic mass is 35.5. The van der Waals surface area contributed by atoms with Crippen molar-refractivity contribution in [2.75, 3.05) is 32.8 Å². The number of aryl methyl sites for hydroxylation is 1. The molecule has 1 aromatic carbocycles. The van der Waals surface area contributed by atoms with E-state index in [1.807, 2.05) is 0 Å². The number of aliphatic hydroxyl groups excluding tert-OH is 1. The minimum atomic E-state index is -3.30. The molecule has 0 spiro atoms. The van der Waals surface area contributed by atoms with Gasteiger partial charge in [-0.25, -0.2) is 8.78 Å². The Balaban J connectivity index is 0.00000220. The molecular weight excluding hydrogens is 302 g/mol. The van der Waals surface area contributed by atoms with Crippen molar-refractivity contribution in [3.05, 3.63) is 29.3 Å². The van der Waals surface area contributed by atoms with Gasteiger partial charge in [0.15, 0.2) is 0 Å². The average Bonchev–Trinajstić information content (AvgIpc) is 2.43. The molecule has 1 aliphatic heterocycles. The maximum atomic E-state index is 14.1. The Labute approximate surface area is 129 Å². The van der Waals surface area contributed by atoms with Crippen molar-refractivity contribution >= 4 is 12.4 Å². The first-order valence-electron chi connectivity index (χ1n) is 6.68. The smallest absolute Gasteiger partial charge is 0.290 e. The molecule has 1 saturated heterocycles. The summed E-state index contributed by atoms with van der Waals surface area (Å²) in [6.45, 7) is 2.68. The topological polar surface area (TPSA) is 55.7 Å². The molecule has 0 aromatic heterocycles. The number of benzene rings is 1. The standard InChI is InChI=1S/C14H20F2N2O2.ClH/c1-10-2-3-11(12(20)8-10)13(14(15,16)9-19)18-6-4-17-5-7-18;/h2-3,8,13,17,19-20H,4-7,9H2,1H3;1H/t13-;/m1./s1. The van der Waals surface area contributed by atoms with Crippen LogP contribution in [0.15, 0.2) is 18.2 Å². The summed E-state index contributed by atoms with van der Waals surface area (Å²) in [5, 5.41) is 22.1. The number of aliphatic hydroxyl groups is 1. The lowest BCUT2D eigenvalue weighted by Crippen LogP contribution is -2.51. The van der Waals surface area contributed by atoms with Crippen LogP contribution in [-0.2, 0) is 0 Å². The number of alkyl halides is 2. The SMILES string of the molecule is Cc1ccc([C@@H](N2CCNCC2)C(F)(F)CO)c(O)c1.Cl. The summed E-state index contributed by atoms with van der Waals surface area (Å²) < 4.78 is 28.3.